The third-order valence-electron chi connectivity index (χ3n) is 6.33. The van der Waals surface area contributed by atoms with E-state index in [0.29, 0.717) is 12.4 Å². The molecule has 0 amide bonds. The molecule has 0 spiro atoms. The number of H-pyrrole nitrogens is 1. The highest BCUT2D eigenvalue weighted by molar-refractivity contribution is 5.79. The number of nitrogens with zero attached hydrogens (tertiary/aromatic N) is 7. The monoisotopic (exact) mass is 482 g/mol. The Hall–Kier alpha value is -4.27. The van der Waals surface area contributed by atoms with E-state index in [1.54, 1.807) is 4.57 Å². The first-order valence-electron chi connectivity index (χ1n) is 12.4. The lowest BCUT2D eigenvalue weighted by Crippen LogP contribution is -2.26. The molecule has 36 heavy (non-hydrogen) atoms. The van der Waals surface area contributed by atoms with Gasteiger partial charge in [-0.1, -0.05) is 50.6 Å². The molecule has 0 aliphatic rings. The van der Waals surface area contributed by atoms with Crippen molar-refractivity contribution in [3.8, 4) is 28.3 Å². The fourth-order valence-electron chi connectivity index (χ4n) is 4.52. The Labute approximate surface area is 209 Å². The molecule has 5 aromatic rings. The van der Waals surface area contributed by atoms with E-state index in [1.807, 2.05) is 71.7 Å². The van der Waals surface area contributed by atoms with Gasteiger partial charge in [0.05, 0.1) is 12.2 Å². The molecule has 9 heteroatoms. The van der Waals surface area contributed by atoms with E-state index in [4.69, 9.17) is 4.98 Å². The molecular formula is C27H30N8O. The second kappa shape index (κ2) is 10.6. The molecule has 4 heterocycles. The first kappa shape index (κ1) is 23.5. The fourth-order valence-corrected chi connectivity index (χ4v) is 4.52. The number of hydrogen-bond acceptors (Lipinski definition) is 5. The molecule has 0 unspecified atom stereocenters. The molecule has 0 fully saturated rings. The quantitative estimate of drug-likeness (QED) is 0.316. The summed E-state index contributed by atoms with van der Waals surface area (Å²) < 4.78 is 5.76. The van der Waals surface area contributed by atoms with Crippen molar-refractivity contribution in [2.45, 2.75) is 52.6 Å². The molecule has 4 aromatic heterocycles. The summed E-state index contributed by atoms with van der Waals surface area (Å²) in [6, 6.07) is 15.9. The van der Waals surface area contributed by atoms with Crippen LogP contribution >= 0.6 is 0 Å². The molecule has 184 valence electrons. The average molecular weight is 483 g/mol. The molecular weight excluding hydrogens is 452 g/mol. The molecule has 0 saturated carbocycles. The third kappa shape index (κ3) is 4.64. The molecule has 0 aliphatic heterocycles. The van der Waals surface area contributed by atoms with Crippen molar-refractivity contribution in [2.75, 3.05) is 0 Å². The Morgan fingerprint density at radius 3 is 2.56 bits per heavy atom. The molecule has 0 radical (unpaired) electrons. The van der Waals surface area contributed by atoms with Crippen LogP contribution in [0, 0.1) is 0 Å². The number of aromatic amines is 1. The van der Waals surface area contributed by atoms with Crippen LogP contribution in [0.4, 0.5) is 0 Å². The van der Waals surface area contributed by atoms with E-state index in [0.717, 1.165) is 66.1 Å². The van der Waals surface area contributed by atoms with E-state index in [-0.39, 0.29) is 5.69 Å². The Kier molecular flexibility index (Phi) is 6.88. The van der Waals surface area contributed by atoms with Crippen LogP contribution in [0.2, 0.25) is 0 Å². The van der Waals surface area contributed by atoms with Gasteiger partial charge in [-0.3, -0.25) is 14.1 Å². The first-order valence-corrected chi connectivity index (χ1v) is 12.4. The maximum Gasteiger partial charge on any atom is 0.334 e. The van der Waals surface area contributed by atoms with Gasteiger partial charge < -0.3 is 4.57 Å². The molecule has 9 nitrogen and oxygen atoms in total. The van der Waals surface area contributed by atoms with Crippen LogP contribution < -0.4 is 5.69 Å². The van der Waals surface area contributed by atoms with Crippen molar-refractivity contribution in [1.82, 2.24) is 39.3 Å². The van der Waals surface area contributed by atoms with Crippen LogP contribution in [0.1, 0.15) is 44.5 Å². The summed E-state index contributed by atoms with van der Waals surface area (Å²) in [6.07, 6.45) is 9.82. The van der Waals surface area contributed by atoms with E-state index in [9.17, 15) is 4.79 Å². The molecule has 1 aromatic carbocycles. The summed E-state index contributed by atoms with van der Waals surface area (Å²) in [5, 5.41) is 14.4. The summed E-state index contributed by atoms with van der Waals surface area (Å²) in [5.74, 6) is 1.44. The number of aryl methyl sites for hydroxylation is 2. The SMILES string of the molecule is CCCCc1cn(-c2cccn2CCC)c(=O)n1Cc1ccc(-c2ccccc2-c2nn[nH]n2)cn1. The van der Waals surface area contributed by atoms with Crippen molar-refractivity contribution >= 4 is 0 Å². The molecule has 5 rings (SSSR count). The zero-order valence-corrected chi connectivity index (χ0v) is 20.6. The van der Waals surface area contributed by atoms with Gasteiger partial charge in [0, 0.05) is 42.0 Å². The number of imidazole rings is 1. The van der Waals surface area contributed by atoms with Gasteiger partial charge in [-0.25, -0.2) is 4.79 Å². The zero-order chi connectivity index (χ0) is 24.9. The van der Waals surface area contributed by atoms with E-state index < -0.39 is 0 Å². The van der Waals surface area contributed by atoms with Crippen molar-refractivity contribution in [3.05, 3.63) is 89.0 Å². The topological polar surface area (TPSA) is 99.2 Å². The maximum absolute atomic E-state index is 13.5. The minimum atomic E-state index is -0.0366. The summed E-state index contributed by atoms with van der Waals surface area (Å²) in [5.41, 5.74) is 4.63. The smallest absolute Gasteiger partial charge is 0.334 e. The van der Waals surface area contributed by atoms with Crippen LogP contribution in [0.5, 0.6) is 0 Å². The van der Waals surface area contributed by atoms with Crippen LogP contribution in [0.15, 0.2) is 71.9 Å². The lowest BCUT2D eigenvalue weighted by atomic mass is 10.0. The zero-order valence-electron chi connectivity index (χ0n) is 20.6. The van der Waals surface area contributed by atoms with Crippen molar-refractivity contribution in [3.63, 3.8) is 0 Å². The highest BCUT2D eigenvalue weighted by atomic mass is 16.1. The minimum absolute atomic E-state index is 0.0366. The minimum Gasteiger partial charge on any atom is -0.334 e. The largest absolute Gasteiger partial charge is 0.334 e. The second-order valence-corrected chi connectivity index (χ2v) is 8.84. The Morgan fingerprint density at radius 1 is 0.972 bits per heavy atom. The van der Waals surface area contributed by atoms with Gasteiger partial charge in [0.1, 0.15) is 5.82 Å². The van der Waals surface area contributed by atoms with E-state index in [2.05, 4.69) is 39.0 Å². The van der Waals surface area contributed by atoms with Gasteiger partial charge in [0.2, 0.25) is 5.82 Å². The van der Waals surface area contributed by atoms with E-state index in [1.165, 1.54) is 0 Å². The predicted molar refractivity (Wildman–Crippen MR) is 139 cm³/mol. The number of nitrogens with one attached hydrogen (secondary N) is 1. The molecule has 0 aliphatic carbocycles. The van der Waals surface area contributed by atoms with Crippen LogP contribution in [0.25, 0.3) is 28.3 Å². The average Bonchev–Trinajstić information content (AvgIpc) is 3.66. The number of pyridine rings is 1. The van der Waals surface area contributed by atoms with Crippen molar-refractivity contribution in [1.29, 1.82) is 0 Å². The number of tetrazole rings is 1. The highest BCUT2D eigenvalue weighted by Crippen LogP contribution is 2.29. The molecule has 0 atom stereocenters. The number of unbranched alkanes of at least 4 members (excludes halogenated alkanes) is 1. The maximum atomic E-state index is 13.5. The first-order chi connectivity index (χ1) is 17.7. The summed E-state index contributed by atoms with van der Waals surface area (Å²) >= 11 is 0. The summed E-state index contributed by atoms with van der Waals surface area (Å²) in [4.78, 5) is 18.3. The Balaban J connectivity index is 1.46. The highest BCUT2D eigenvalue weighted by Gasteiger charge is 2.16. The van der Waals surface area contributed by atoms with Gasteiger partial charge >= 0.3 is 5.69 Å². The summed E-state index contributed by atoms with van der Waals surface area (Å²) in [7, 11) is 0. The lowest BCUT2D eigenvalue weighted by Gasteiger charge is -2.09. The predicted octanol–water partition coefficient (Wildman–Crippen LogP) is 4.48. The number of rotatable bonds is 10. The molecule has 0 saturated heterocycles. The Bertz CT molecular complexity index is 1480. The number of benzene rings is 1. The van der Waals surface area contributed by atoms with Gasteiger partial charge in [-0.05, 0) is 48.2 Å². The second-order valence-electron chi connectivity index (χ2n) is 8.84. The standard InChI is InChI=1S/C27H30N8O/c1-3-5-9-22-19-35(25-12-8-16-33(25)15-4-2)27(36)34(22)18-21-14-13-20(17-28-21)23-10-6-7-11-24(23)26-29-31-32-30-26/h6-8,10-14,16-17,19H,3-5,9,15,18H2,1-2H3,(H,29,30,31,32). The van der Waals surface area contributed by atoms with Crippen LogP contribution in [-0.2, 0) is 19.5 Å². The van der Waals surface area contributed by atoms with Gasteiger partial charge in [0.25, 0.3) is 0 Å². The van der Waals surface area contributed by atoms with Crippen molar-refractivity contribution in [2.24, 2.45) is 0 Å². The molecule has 1 N–H and O–H groups in total. The number of hydrogen-bond donors (Lipinski definition) is 1. The number of aromatic nitrogens is 8. The lowest BCUT2D eigenvalue weighted by molar-refractivity contribution is 0.641. The summed E-state index contributed by atoms with van der Waals surface area (Å²) in [6.45, 7) is 5.60. The van der Waals surface area contributed by atoms with Crippen molar-refractivity contribution < 1.29 is 0 Å². The Morgan fingerprint density at radius 2 is 1.83 bits per heavy atom. The van der Waals surface area contributed by atoms with Gasteiger partial charge in [-0.2, -0.15) is 5.21 Å². The van der Waals surface area contributed by atoms with E-state index >= 15 is 0 Å². The van der Waals surface area contributed by atoms with Crippen LogP contribution in [0.3, 0.4) is 0 Å². The molecule has 0 bridgehead atoms. The fraction of sp³-hybridized carbons (Fsp3) is 0.296. The normalized spacial score (nSPS) is 11.3. The van der Waals surface area contributed by atoms with Gasteiger partial charge in [0.15, 0.2) is 0 Å². The van der Waals surface area contributed by atoms with Crippen LogP contribution in [-0.4, -0.2) is 39.3 Å². The third-order valence-corrected chi connectivity index (χ3v) is 6.33. The van der Waals surface area contributed by atoms with Gasteiger partial charge in [-0.15, -0.1) is 10.2 Å².